The van der Waals surface area contributed by atoms with E-state index < -0.39 is 41.5 Å². The molecule has 2 aromatic rings. The second-order valence-electron chi connectivity index (χ2n) is 6.81. The van der Waals surface area contributed by atoms with Crippen molar-refractivity contribution in [3.8, 4) is 0 Å². The Morgan fingerprint density at radius 2 is 2.07 bits per heavy atom. The molecular weight excluding hydrogens is 421 g/mol. The highest BCUT2D eigenvalue weighted by Crippen LogP contribution is 2.33. The number of hydrogen-bond acceptors (Lipinski definition) is 5. The molecule has 1 saturated heterocycles. The van der Waals surface area contributed by atoms with Crippen LogP contribution in [0.25, 0.3) is 0 Å². The lowest BCUT2D eigenvalue weighted by Crippen LogP contribution is -2.36. The van der Waals surface area contributed by atoms with Gasteiger partial charge in [-0.3, -0.25) is 14.4 Å². The van der Waals surface area contributed by atoms with Crippen molar-refractivity contribution in [1.82, 2.24) is 5.32 Å². The molecule has 2 unspecified atom stereocenters. The van der Waals surface area contributed by atoms with E-state index in [0.29, 0.717) is 0 Å². The Hall–Kier alpha value is -2.88. The molecule has 0 aliphatic carbocycles. The van der Waals surface area contributed by atoms with Gasteiger partial charge in [-0.15, -0.1) is 11.3 Å². The molecule has 6 nitrogen and oxygen atoms in total. The third-order valence-electron chi connectivity index (χ3n) is 4.78. The monoisotopic (exact) mass is 440 g/mol. The summed E-state index contributed by atoms with van der Waals surface area (Å²) in [7, 11) is 1.25. The van der Waals surface area contributed by atoms with Crippen LogP contribution in [0.3, 0.4) is 0 Å². The van der Waals surface area contributed by atoms with Gasteiger partial charge in [-0.2, -0.15) is 13.2 Å². The molecule has 10 heteroatoms. The van der Waals surface area contributed by atoms with E-state index >= 15 is 0 Å². The van der Waals surface area contributed by atoms with Gasteiger partial charge in [0.15, 0.2) is 0 Å². The third-order valence-corrected chi connectivity index (χ3v) is 5.77. The van der Waals surface area contributed by atoms with Gasteiger partial charge >= 0.3 is 12.1 Å². The van der Waals surface area contributed by atoms with Gasteiger partial charge < -0.3 is 15.0 Å². The van der Waals surface area contributed by atoms with E-state index in [1.54, 1.807) is 17.5 Å². The molecule has 0 spiro atoms. The van der Waals surface area contributed by atoms with E-state index in [1.165, 1.54) is 35.5 Å². The van der Waals surface area contributed by atoms with Crippen LogP contribution in [-0.2, 0) is 25.3 Å². The summed E-state index contributed by atoms with van der Waals surface area (Å²) in [5.41, 5.74) is -0.772. The highest BCUT2D eigenvalue weighted by molar-refractivity contribution is 7.10. The first kappa shape index (κ1) is 21.8. The summed E-state index contributed by atoms with van der Waals surface area (Å²) in [6, 6.07) is 7.39. The Kier molecular flexibility index (Phi) is 6.45. The molecule has 2 atom stereocenters. The van der Waals surface area contributed by atoms with Crippen molar-refractivity contribution in [3.05, 3.63) is 52.2 Å². The molecule has 0 radical (unpaired) electrons. The molecule has 0 saturated carbocycles. The fourth-order valence-corrected chi connectivity index (χ4v) is 4.01. The molecule has 30 heavy (non-hydrogen) atoms. The van der Waals surface area contributed by atoms with Gasteiger partial charge in [-0.05, 0) is 29.6 Å². The minimum atomic E-state index is -4.53. The molecule has 3 rings (SSSR count). The van der Waals surface area contributed by atoms with Gasteiger partial charge in [0.25, 0.3) is 0 Å². The topological polar surface area (TPSA) is 75.7 Å². The van der Waals surface area contributed by atoms with Gasteiger partial charge in [0.2, 0.25) is 11.8 Å². The number of esters is 1. The normalized spacial score (nSPS) is 17.7. The number of amides is 2. The Balaban J connectivity index is 1.72. The van der Waals surface area contributed by atoms with E-state index in [2.05, 4.69) is 10.1 Å². The smallest absolute Gasteiger partial charge is 0.416 e. The van der Waals surface area contributed by atoms with E-state index in [-0.39, 0.29) is 25.1 Å². The number of nitrogens with zero attached hydrogens (tertiary/aromatic N) is 1. The van der Waals surface area contributed by atoms with Crippen molar-refractivity contribution in [2.24, 2.45) is 5.92 Å². The fraction of sp³-hybridized carbons (Fsp3) is 0.350. The van der Waals surface area contributed by atoms with Crippen LogP contribution in [-0.4, -0.2) is 31.4 Å². The zero-order valence-electron chi connectivity index (χ0n) is 15.9. The molecule has 1 N–H and O–H groups in total. The van der Waals surface area contributed by atoms with Crippen LogP contribution in [0, 0.1) is 5.92 Å². The van der Waals surface area contributed by atoms with Gasteiger partial charge in [0.05, 0.1) is 31.1 Å². The van der Waals surface area contributed by atoms with Crippen LogP contribution in [0.5, 0.6) is 0 Å². The highest BCUT2D eigenvalue weighted by Gasteiger charge is 2.37. The molecule has 1 aliphatic rings. The van der Waals surface area contributed by atoms with Crippen LogP contribution in [0.1, 0.15) is 29.3 Å². The SMILES string of the molecule is COC(=O)CC(NC(=O)C1CC(=O)N(c2cccc(C(F)(F)F)c2)C1)c1cccs1. The second-order valence-corrected chi connectivity index (χ2v) is 7.79. The summed E-state index contributed by atoms with van der Waals surface area (Å²) in [5.74, 6) is -2.12. The summed E-state index contributed by atoms with van der Waals surface area (Å²) in [6.07, 6.45) is -4.73. The van der Waals surface area contributed by atoms with Gasteiger partial charge in [-0.1, -0.05) is 12.1 Å². The highest BCUT2D eigenvalue weighted by atomic mass is 32.1. The van der Waals surface area contributed by atoms with E-state index in [4.69, 9.17) is 0 Å². The average molecular weight is 440 g/mol. The number of nitrogens with one attached hydrogen (secondary N) is 1. The Morgan fingerprint density at radius 3 is 2.70 bits per heavy atom. The van der Waals surface area contributed by atoms with E-state index in [0.717, 1.165) is 17.0 Å². The second kappa shape index (κ2) is 8.86. The van der Waals surface area contributed by atoms with E-state index in [1.807, 2.05) is 0 Å². The summed E-state index contributed by atoms with van der Waals surface area (Å²) in [5, 5.41) is 4.57. The van der Waals surface area contributed by atoms with E-state index in [9.17, 15) is 27.6 Å². The van der Waals surface area contributed by atoms with Crippen molar-refractivity contribution in [3.63, 3.8) is 0 Å². The van der Waals surface area contributed by atoms with Crippen LogP contribution < -0.4 is 10.2 Å². The van der Waals surface area contributed by atoms with Crippen LogP contribution in [0.15, 0.2) is 41.8 Å². The van der Waals surface area contributed by atoms with Crippen molar-refractivity contribution >= 4 is 34.8 Å². The number of thiophene rings is 1. The van der Waals surface area contributed by atoms with Crippen LogP contribution >= 0.6 is 11.3 Å². The fourth-order valence-electron chi connectivity index (χ4n) is 3.23. The molecular formula is C20H19F3N2O4S. The Morgan fingerprint density at radius 1 is 1.30 bits per heavy atom. The van der Waals surface area contributed by atoms with Gasteiger partial charge in [0.1, 0.15) is 0 Å². The van der Waals surface area contributed by atoms with Gasteiger partial charge in [-0.25, -0.2) is 0 Å². The molecule has 0 bridgehead atoms. The standard InChI is InChI=1S/C20H19F3N2O4S/c1-29-18(27)10-15(16-6-3-7-30-16)24-19(28)12-8-17(26)25(11-12)14-5-2-4-13(9-14)20(21,22)23/h2-7,9,12,15H,8,10-11H2,1H3,(H,24,28). The number of anilines is 1. The summed E-state index contributed by atoms with van der Waals surface area (Å²) < 4.78 is 43.6. The Labute approximate surface area is 174 Å². The van der Waals surface area contributed by atoms with Crippen molar-refractivity contribution in [2.75, 3.05) is 18.6 Å². The maximum atomic E-state index is 13.0. The number of carbonyl (C=O) groups excluding carboxylic acids is 3. The zero-order chi connectivity index (χ0) is 21.9. The lowest BCUT2D eigenvalue weighted by atomic mass is 10.1. The van der Waals surface area contributed by atoms with Crippen molar-refractivity contribution < 1.29 is 32.3 Å². The van der Waals surface area contributed by atoms with Crippen molar-refractivity contribution in [2.45, 2.75) is 25.1 Å². The number of alkyl halides is 3. The summed E-state index contributed by atoms with van der Waals surface area (Å²) in [6.45, 7) is -0.0403. The quantitative estimate of drug-likeness (QED) is 0.698. The number of methoxy groups -OCH3 is 1. The first-order chi connectivity index (χ1) is 14.2. The maximum absolute atomic E-state index is 13.0. The molecule has 2 heterocycles. The zero-order valence-corrected chi connectivity index (χ0v) is 16.8. The van der Waals surface area contributed by atoms with Gasteiger partial charge in [0, 0.05) is 23.5 Å². The van der Waals surface area contributed by atoms with Crippen molar-refractivity contribution in [1.29, 1.82) is 0 Å². The Bertz CT molecular complexity index is 930. The summed E-state index contributed by atoms with van der Waals surface area (Å²) >= 11 is 1.36. The predicted molar refractivity (Wildman–Crippen MR) is 104 cm³/mol. The predicted octanol–water partition coefficient (Wildman–Crippen LogP) is 3.54. The number of ether oxygens (including phenoxy) is 1. The molecule has 2 amide bonds. The first-order valence-electron chi connectivity index (χ1n) is 9.07. The first-order valence-corrected chi connectivity index (χ1v) is 9.95. The number of halogens is 3. The molecule has 1 fully saturated rings. The van der Waals surface area contributed by atoms with Crippen LogP contribution in [0.2, 0.25) is 0 Å². The molecule has 1 aromatic heterocycles. The van der Waals surface area contributed by atoms with Crippen LogP contribution in [0.4, 0.5) is 18.9 Å². The summed E-state index contributed by atoms with van der Waals surface area (Å²) in [4.78, 5) is 38.8. The lowest BCUT2D eigenvalue weighted by molar-refractivity contribution is -0.141. The minimum absolute atomic E-state index is 0.0403. The number of hydrogen-bond donors (Lipinski definition) is 1. The molecule has 1 aromatic carbocycles. The number of benzene rings is 1. The minimum Gasteiger partial charge on any atom is -0.469 e. The molecule has 160 valence electrons. The lowest BCUT2D eigenvalue weighted by Gasteiger charge is -2.20. The molecule has 1 aliphatic heterocycles. The average Bonchev–Trinajstić information content (AvgIpc) is 3.36. The number of rotatable bonds is 6. The maximum Gasteiger partial charge on any atom is 0.416 e. The third kappa shape index (κ3) is 4.99. The number of carbonyl (C=O) groups is 3. The largest absolute Gasteiger partial charge is 0.469 e.